The van der Waals surface area contributed by atoms with Crippen LogP contribution in [-0.4, -0.2) is 43.8 Å². The molecule has 6 heteroatoms. The van der Waals surface area contributed by atoms with Crippen molar-refractivity contribution in [3.8, 4) is 0 Å². The van der Waals surface area contributed by atoms with E-state index in [4.69, 9.17) is 0 Å². The van der Waals surface area contributed by atoms with Gasteiger partial charge >= 0.3 is 0 Å². The molecule has 0 aromatic heterocycles. The molecule has 25 heavy (non-hydrogen) atoms. The molecule has 2 fully saturated rings. The van der Waals surface area contributed by atoms with Crippen LogP contribution in [0.15, 0.2) is 59.5 Å². The monoisotopic (exact) mass is 360 g/mol. The van der Waals surface area contributed by atoms with Crippen molar-refractivity contribution < 1.29 is 12.8 Å². The van der Waals surface area contributed by atoms with E-state index in [1.165, 1.54) is 6.07 Å². The number of nitrogens with zero attached hydrogens (tertiary/aromatic N) is 2. The van der Waals surface area contributed by atoms with Crippen LogP contribution in [0, 0.1) is 11.2 Å². The Balaban J connectivity index is 1.39. The average molecular weight is 360 g/mol. The van der Waals surface area contributed by atoms with Crippen LogP contribution >= 0.6 is 0 Å². The fourth-order valence-corrected chi connectivity index (χ4v) is 5.58. The van der Waals surface area contributed by atoms with E-state index in [1.807, 2.05) is 12.1 Å². The molecule has 0 radical (unpaired) electrons. The normalized spacial score (nSPS) is 20.7. The Hall–Kier alpha value is -1.76. The molecule has 0 unspecified atom stereocenters. The van der Waals surface area contributed by atoms with E-state index in [9.17, 15) is 12.8 Å². The van der Waals surface area contributed by atoms with Crippen LogP contribution < -0.4 is 0 Å². The Kier molecular flexibility index (Phi) is 4.14. The van der Waals surface area contributed by atoms with E-state index >= 15 is 0 Å². The molecular weight excluding hydrogens is 339 g/mol. The van der Waals surface area contributed by atoms with Gasteiger partial charge in [-0.15, -0.1) is 0 Å². The zero-order chi connectivity index (χ0) is 17.5. The molecule has 4 rings (SSSR count). The van der Waals surface area contributed by atoms with Gasteiger partial charge in [-0.3, -0.25) is 4.90 Å². The van der Waals surface area contributed by atoms with Gasteiger partial charge in [0.05, 0.1) is 4.90 Å². The van der Waals surface area contributed by atoms with E-state index in [0.29, 0.717) is 24.5 Å². The minimum atomic E-state index is -3.40. The predicted octanol–water partition coefficient (Wildman–Crippen LogP) is 2.72. The second kappa shape index (κ2) is 6.20. The summed E-state index contributed by atoms with van der Waals surface area (Å²) in [7, 11) is -3.40. The first-order valence-electron chi connectivity index (χ1n) is 8.49. The number of likely N-dealkylation sites (tertiary alicyclic amines) is 1. The lowest BCUT2D eigenvalue weighted by atomic mass is 9.79. The molecule has 132 valence electrons. The molecule has 0 N–H and O–H groups in total. The van der Waals surface area contributed by atoms with Gasteiger partial charge in [-0.05, 0) is 36.2 Å². The second-order valence-electron chi connectivity index (χ2n) is 7.18. The van der Waals surface area contributed by atoms with Gasteiger partial charge in [-0.25, -0.2) is 12.8 Å². The van der Waals surface area contributed by atoms with Gasteiger partial charge in [0.25, 0.3) is 0 Å². The number of hydrogen-bond acceptors (Lipinski definition) is 3. The third-order valence-electron chi connectivity index (χ3n) is 5.20. The molecule has 0 bridgehead atoms. The highest BCUT2D eigenvalue weighted by Gasteiger charge is 2.50. The van der Waals surface area contributed by atoms with Crippen LogP contribution in [0.5, 0.6) is 0 Å². The summed E-state index contributed by atoms with van der Waals surface area (Å²) >= 11 is 0. The van der Waals surface area contributed by atoms with Gasteiger partial charge in [0.2, 0.25) is 10.0 Å². The fraction of sp³-hybridized carbons (Fsp3) is 0.368. The van der Waals surface area contributed by atoms with Gasteiger partial charge in [-0.1, -0.05) is 30.3 Å². The summed E-state index contributed by atoms with van der Waals surface area (Å²) in [6.45, 7) is 3.59. The van der Waals surface area contributed by atoms with Gasteiger partial charge in [0.15, 0.2) is 0 Å². The quantitative estimate of drug-likeness (QED) is 0.842. The van der Waals surface area contributed by atoms with E-state index in [-0.39, 0.29) is 11.2 Å². The summed E-state index contributed by atoms with van der Waals surface area (Å²) in [6, 6.07) is 15.3. The molecule has 0 amide bonds. The van der Waals surface area contributed by atoms with Crippen LogP contribution in [0.25, 0.3) is 0 Å². The Morgan fingerprint density at radius 1 is 1.00 bits per heavy atom. The molecule has 0 aliphatic carbocycles. The molecule has 1 spiro atoms. The third-order valence-corrected chi connectivity index (χ3v) is 7.06. The lowest BCUT2D eigenvalue weighted by Crippen LogP contribution is -2.57. The summed E-state index contributed by atoms with van der Waals surface area (Å²) in [4.78, 5) is 2.62. The zero-order valence-corrected chi connectivity index (χ0v) is 14.8. The largest absolute Gasteiger partial charge is 0.298 e. The Bertz CT molecular complexity index is 864. The van der Waals surface area contributed by atoms with Crippen LogP contribution in [0.2, 0.25) is 0 Å². The van der Waals surface area contributed by atoms with Crippen molar-refractivity contribution in [1.29, 1.82) is 0 Å². The van der Waals surface area contributed by atoms with Crippen molar-refractivity contribution in [2.45, 2.75) is 17.9 Å². The van der Waals surface area contributed by atoms with Gasteiger partial charge < -0.3 is 0 Å². The van der Waals surface area contributed by atoms with Crippen LogP contribution in [-0.2, 0) is 16.6 Å². The van der Waals surface area contributed by atoms with Gasteiger partial charge in [-0.2, -0.15) is 4.31 Å². The standard InChI is InChI=1S/C19H21FN2O2S/c20-17-6-4-5-16(11-17)12-21-13-19(14-21)9-10-22(15-19)25(23,24)18-7-2-1-3-8-18/h1-8,11H,9-10,12-15H2. The Morgan fingerprint density at radius 3 is 2.48 bits per heavy atom. The zero-order valence-electron chi connectivity index (χ0n) is 13.9. The molecule has 2 heterocycles. The summed E-state index contributed by atoms with van der Waals surface area (Å²) in [5.41, 5.74) is 1.01. The minimum absolute atomic E-state index is 0.0508. The highest BCUT2D eigenvalue weighted by atomic mass is 32.2. The second-order valence-corrected chi connectivity index (χ2v) is 9.11. The first kappa shape index (κ1) is 16.7. The highest BCUT2D eigenvalue weighted by molar-refractivity contribution is 7.89. The first-order valence-corrected chi connectivity index (χ1v) is 9.93. The van der Waals surface area contributed by atoms with Crippen molar-refractivity contribution in [2.24, 2.45) is 5.41 Å². The Morgan fingerprint density at radius 2 is 1.76 bits per heavy atom. The maximum Gasteiger partial charge on any atom is 0.243 e. The van der Waals surface area contributed by atoms with E-state index < -0.39 is 10.0 Å². The summed E-state index contributed by atoms with van der Waals surface area (Å²) in [5.74, 6) is -0.214. The van der Waals surface area contributed by atoms with Crippen molar-refractivity contribution in [3.05, 3.63) is 66.0 Å². The Labute approximate surface area is 147 Å². The molecule has 0 atom stereocenters. The van der Waals surface area contributed by atoms with Crippen molar-refractivity contribution in [2.75, 3.05) is 26.2 Å². The van der Waals surface area contributed by atoms with Crippen molar-refractivity contribution in [3.63, 3.8) is 0 Å². The first-order chi connectivity index (χ1) is 12.0. The fourth-order valence-electron chi connectivity index (χ4n) is 4.01. The molecule has 2 aliphatic heterocycles. The molecule has 2 aromatic rings. The van der Waals surface area contributed by atoms with E-state index in [0.717, 1.165) is 25.1 Å². The van der Waals surface area contributed by atoms with E-state index in [2.05, 4.69) is 4.90 Å². The molecule has 4 nitrogen and oxygen atoms in total. The van der Waals surface area contributed by atoms with Crippen molar-refractivity contribution in [1.82, 2.24) is 9.21 Å². The molecule has 0 saturated carbocycles. The van der Waals surface area contributed by atoms with Crippen LogP contribution in [0.4, 0.5) is 4.39 Å². The van der Waals surface area contributed by atoms with Crippen LogP contribution in [0.1, 0.15) is 12.0 Å². The van der Waals surface area contributed by atoms with Crippen LogP contribution in [0.3, 0.4) is 0 Å². The predicted molar refractivity (Wildman–Crippen MR) is 93.9 cm³/mol. The summed E-state index contributed by atoms with van der Waals surface area (Å²) in [5, 5.41) is 0. The number of rotatable bonds is 4. The lowest BCUT2D eigenvalue weighted by Gasteiger charge is -2.48. The van der Waals surface area contributed by atoms with Gasteiger partial charge in [0, 0.05) is 38.1 Å². The van der Waals surface area contributed by atoms with E-state index in [1.54, 1.807) is 40.7 Å². The van der Waals surface area contributed by atoms with Crippen molar-refractivity contribution >= 4 is 10.0 Å². The minimum Gasteiger partial charge on any atom is -0.298 e. The molecular formula is C19H21FN2O2S. The van der Waals surface area contributed by atoms with Gasteiger partial charge in [0.1, 0.15) is 5.82 Å². The number of hydrogen-bond donors (Lipinski definition) is 0. The summed E-state index contributed by atoms with van der Waals surface area (Å²) < 4.78 is 40.4. The topological polar surface area (TPSA) is 40.6 Å². The SMILES string of the molecule is O=S(=O)(c1ccccc1)N1CCC2(CN(Cc3cccc(F)c3)C2)C1. The third kappa shape index (κ3) is 3.21. The molecule has 2 aliphatic rings. The highest BCUT2D eigenvalue weighted by Crippen LogP contribution is 2.41. The maximum atomic E-state index is 13.3. The lowest BCUT2D eigenvalue weighted by molar-refractivity contribution is 0.00646. The maximum absolute atomic E-state index is 13.3. The summed E-state index contributed by atoms with van der Waals surface area (Å²) in [6.07, 6.45) is 0.888. The number of halogens is 1. The number of benzene rings is 2. The molecule has 2 aromatic carbocycles. The average Bonchev–Trinajstić information content (AvgIpc) is 3.02. The number of sulfonamides is 1. The molecule has 2 saturated heterocycles. The smallest absolute Gasteiger partial charge is 0.243 e.